The summed E-state index contributed by atoms with van der Waals surface area (Å²) in [5.74, 6) is 0.0822. The molecule has 0 bridgehead atoms. The fourth-order valence-electron chi connectivity index (χ4n) is 0.994. The SMILES string of the molecule is CCOCCCNC(=O)CCC(C)N. The highest BCUT2D eigenvalue weighted by molar-refractivity contribution is 5.75. The Hall–Kier alpha value is -0.610. The van der Waals surface area contributed by atoms with E-state index in [9.17, 15) is 4.79 Å². The van der Waals surface area contributed by atoms with Gasteiger partial charge in [-0.1, -0.05) is 0 Å². The number of hydrogen-bond acceptors (Lipinski definition) is 3. The van der Waals surface area contributed by atoms with Crippen LogP contribution in [0.25, 0.3) is 0 Å². The summed E-state index contributed by atoms with van der Waals surface area (Å²) >= 11 is 0. The third kappa shape index (κ3) is 9.48. The molecule has 1 unspecified atom stereocenters. The van der Waals surface area contributed by atoms with Crippen LogP contribution in [0.4, 0.5) is 0 Å². The average molecular weight is 202 g/mol. The molecule has 0 aromatic heterocycles. The first-order valence-electron chi connectivity index (χ1n) is 5.26. The van der Waals surface area contributed by atoms with Crippen LogP contribution in [0.5, 0.6) is 0 Å². The number of ether oxygens (including phenoxy) is 1. The van der Waals surface area contributed by atoms with Crippen molar-refractivity contribution in [1.82, 2.24) is 5.32 Å². The van der Waals surface area contributed by atoms with E-state index in [2.05, 4.69) is 5.32 Å². The lowest BCUT2D eigenvalue weighted by atomic mass is 10.2. The average Bonchev–Trinajstić information content (AvgIpc) is 2.14. The second-order valence-electron chi connectivity index (χ2n) is 3.42. The first-order chi connectivity index (χ1) is 6.66. The number of hydrogen-bond donors (Lipinski definition) is 2. The largest absolute Gasteiger partial charge is 0.382 e. The van der Waals surface area contributed by atoms with Crippen LogP contribution in [0.15, 0.2) is 0 Å². The maximum Gasteiger partial charge on any atom is 0.220 e. The maximum atomic E-state index is 11.2. The molecule has 0 aromatic carbocycles. The van der Waals surface area contributed by atoms with E-state index in [0.29, 0.717) is 19.6 Å². The van der Waals surface area contributed by atoms with Crippen molar-refractivity contribution in [3.8, 4) is 0 Å². The van der Waals surface area contributed by atoms with Crippen LogP contribution >= 0.6 is 0 Å². The van der Waals surface area contributed by atoms with Crippen molar-refractivity contribution >= 4 is 5.91 Å². The van der Waals surface area contributed by atoms with Gasteiger partial charge in [-0.2, -0.15) is 0 Å². The van der Waals surface area contributed by atoms with Crippen LogP contribution in [0.2, 0.25) is 0 Å². The molecule has 0 saturated heterocycles. The Morgan fingerprint density at radius 1 is 1.57 bits per heavy atom. The van der Waals surface area contributed by atoms with Crippen molar-refractivity contribution < 1.29 is 9.53 Å². The normalized spacial score (nSPS) is 12.5. The second kappa shape index (κ2) is 8.97. The lowest BCUT2D eigenvalue weighted by molar-refractivity contribution is -0.121. The van der Waals surface area contributed by atoms with Crippen molar-refractivity contribution in [2.24, 2.45) is 5.73 Å². The number of rotatable bonds is 8. The smallest absolute Gasteiger partial charge is 0.220 e. The third-order valence-electron chi connectivity index (χ3n) is 1.82. The van der Waals surface area contributed by atoms with Crippen LogP contribution in [0.3, 0.4) is 0 Å². The molecule has 0 aliphatic carbocycles. The monoisotopic (exact) mass is 202 g/mol. The zero-order valence-corrected chi connectivity index (χ0v) is 9.21. The van der Waals surface area contributed by atoms with Crippen molar-refractivity contribution in [2.75, 3.05) is 19.8 Å². The van der Waals surface area contributed by atoms with E-state index >= 15 is 0 Å². The highest BCUT2D eigenvalue weighted by atomic mass is 16.5. The first kappa shape index (κ1) is 13.4. The summed E-state index contributed by atoms with van der Waals surface area (Å²) in [5, 5.41) is 2.82. The molecule has 0 saturated carbocycles. The summed E-state index contributed by atoms with van der Waals surface area (Å²) in [4.78, 5) is 11.2. The molecule has 4 heteroatoms. The zero-order valence-electron chi connectivity index (χ0n) is 9.21. The van der Waals surface area contributed by atoms with Gasteiger partial charge in [0.1, 0.15) is 0 Å². The molecule has 0 aliphatic heterocycles. The van der Waals surface area contributed by atoms with Crippen LogP contribution in [0.1, 0.15) is 33.1 Å². The Labute approximate surface area is 86.2 Å². The van der Waals surface area contributed by atoms with Crippen molar-refractivity contribution in [2.45, 2.75) is 39.2 Å². The predicted molar refractivity (Wildman–Crippen MR) is 57.0 cm³/mol. The molecule has 0 spiro atoms. The summed E-state index contributed by atoms with van der Waals surface area (Å²) in [6.45, 7) is 6.00. The highest BCUT2D eigenvalue weighted by Crippen LogP contribution is 1.92. The maximum absolute atomic E-state index is 11.2. The Bertz CT molecular complexity index is 149. The molecule has 84 valence electrons. The van der Waals surface area contributed by atoms with Gasteiger partial charge < -0.3 is 15.8 Å². The lowest BCUT2D eigenvalue weighted by Crippen LogP contribution is -2.27. The molecule has 4 nitrogen and oxygen atoms in total. The van der Waals surface area contributed by atoms with Gasteiger partial charge in [0.05, 0.1) is 0 Å². The van der Waals surface area contributed by atoms with Gasteiger partial charge in [-0.15, -0.1) is 0 Å². The number of carbonyl (C=O) groups is 1. The standard InChI is InChI=1S/C10H22N2O2/c1-3-14-8-4-7-12-10(13)6-5-9(2)11/h9H,3-8,11H2,1-2H3,(H,12,13). The minimum absolute atomic E-state index is 0.0822. The number of carbonyl (C=O) groups excluding carboxylic acids is 1. The Morgan fingerprint density at radius 2 is 2.29 bits per heavy atom. The van der Waals surface area contributed by atoms with E-state index in [1.165, 1.54) is 0 Å². The highest BCUT2D eigenvalue weighted by Gasteiger charge is 2.01. The van der Waals surface area contributed by atoms with Crippen molar-refractivity contribution in [3.63, 3.8) is 0 Å². The van der Waals surface area contributed by atoms with Gasteiger partial charge in [-0.3, -0.25) is 4.79 Å². The van der Waals surface area contributed by atoms with Crippen LogP contribution in [0, 0.1) is 0 Å². The van der Waals surface area contributed by atoms with E-state index in [1.54, 1.807) is 0 Å². The number of nitrogens with two attached hydrogens (primary N) is 1. The van der Waals surface area contributed by atoms with E-state index < -0.39 is 0 Å². The Kier molecular flexibility index (Phi) is 8.57. The minimum Gasteiger partial charge on any atom is -0.382 e. The summed E-state index contributed by atoms with van der Waals surface area (Å²) in [5.41, 5.74) is 5.54. The van der Waals surface area contributed by atoms with Crippen LogP contribution in [-0.4, -0.2) is 31.7 Å². The third-order valence-corrected chi connectivity index (χ3v) is 1.82. The molecular formula is C10H22N2O2. The van der Waals surface area contributed by atoms with Crippen molar-refractivity contribution in [1.29, 1.82) is 0 Å². The van der Waals surface area contributed by atoms with E-state index in [4.69, 9.17) is 10.5 Å². The summed E-state index contributed by atoms with van der Waals surface area (Å²) in [7, 11) is 0. The van der Waals surface area contributed by atoms with E-state index in [-0.39, 0.29) is 11.9 Å². The van der Waals surface area contributed by atoms with Crippen molar-refractivity contribution in [3.05, 3.63) is 0 Å². The van der Waals surface area contributed by atoms with Gasteiger partial charge in [0, 0.05) is 32.2 Å². The fourth-order valence-corrected chi connectivity index (χ4v) is 0.994. The molecule has 0 aliphatic rings. The zero-order chi connectivity index (χ0) is 10.8. The molecule has 1 atom stereocenters. The van der Waals surface area contributed by atoms with Gasteiger partial charge in [-0.05, 0) is 26.7 Å². The summed E-state index contributed by atoms with van der Waals surface area (Å²) in [6, 6.07) is 0.101. The number of amides is 1. The van der Waals surface area contributed by atoms with Gasteiger partial charge in [0.2, 0.25) is 5.91 Å². The molecule has 1 amide bonds. The number of nitrogens with one attached hydrogen (secondary N) is 1. The summed E-state index contributed by atoms with van der Waals surface area (Å²) in [6.07, 6.45) is 2.14. The molecular weight excluding hydrogens is 180 g/mol. The van der Waals surface area contributed by atoms with Gasteiger partial charge in [0.25, 0.3) is 0 Å². The van der Waals surface area contributed by atoms with E-state index in [1.807, 2.05) is 13.8 Å². The topological polar surface area (TPSA) is 64.3 Å². The second-order valence-corrected chi connectivity index (χ2v) is 3.42. The quantitative estimate of drug-likeness (QED) is 0.568. The summed E-state index contributed by atoms with van der Waals surface area (Å²) < 4.78 is 5.14. The van der Waals surface area contributed by atoms with Gasteiger partial charge in [-0.25, -0.2) is 0 Å². The molecule has 0 heterocycles. The molecule has 3 N–H and O–H groups in total. The minimum atomic E-state index is 0.0822. The molecule has 14 heavy (non-hydrogen) atoms. The van der Waals surface area contributed by atoms with Gasteiger partial charge >= 0.3 is 0 Å². The Balaban J connectivity index is 3.18. The lowest BCUT2D eigenvalue weighted by Gasteiger charge is -2.06. The van der Waals surface area contributed by atoms with E-state index in [0.717, 1.165) is 19.4 Å². The fraction of sp³-hybridized carbons (Fsp3) is 0.900. The molecule has 0 radical (unpaired) electrons. The molecule has 0 fully saturated rings. The first-order valence-corrected chi connectivity index (χ1v) is 5.26. The van der Waals surface area contributed by atoms with Gasteiger partial charge in [0.15, 0.2) is 0 Å². The van der Waals surface area contributed by atoms with Crippen LogP contribution in [-0.2, 0) is 9.53 Å². The predicted octanol–water partition coefficient (Wildman–Crippen LogP) is 0.657. The Morgan fingerprint density at radius 3 is 2.86 bits per heavy atom. The molecule has 0 aromatic rings. The molecule has 0 rings (SSSR count). The van der Waals surface area contributed by atoms with Crippen LogP contribution < -0.4 is 11.1 Å².